The Morgan fingerprint density at radius 1 is 1.33 bits per heavy atom. The monoisotopic (exact) mass is 349 g/mol. The Balaban J connectivity index is 3.57. The van der Waals surface area contributed by atoms with Crippen molar-refractivity contribution >= 4 is 26.0 Å². The first-order chi connectivity index (χ1) is 8.06. The van der Waals surface area contributed by atoms with Gasteiger partial charge in [0.05, 0.1) is 11.6 Å². The Morgan fingerprint density at radius 3 is 2.28 bits per heavy atom. The molecular formula is C8H7BrF3NO4S. The van der Waals surface area contributed by atoms with Gasteiger partial charge in [-0.05, 0) is 28.1 Å². The third-order valence-corrected chi connectivity index (χ3v) is 3.33. The summed E-state index contributed by atoms with van der Waals surface area (Å²) in [6.07, 6.45) is -5.06. The van der Waals surface area contributed by atoms with E-state index in [-0.39, 0.29) is 10.2 Å². The lowest BCUT2D eigenvalue weighted by Gasteiger charge is -2.16. The summed E-state index contributed by atoms with van der Waals surface area (Å²) < 4.78 is 67.3. The summed E-state index contributed by atoms with van der Waals surface area (Å²) in [6, 6.07) is 2.29. The number of alkyl halides is 3. The number of hydrogen-bond donors (Lipinski definition) is 1. The Kier molecular flexibility index (Phi) is 4.13. The summed E-state index contributed by atoms with van der Waals surface area (Å²) in [7, 11) is -3.36. The Labute approximate surface area is 109 Å². The van der Waals surface area contributed by atoms with Crippen LogP contribution >= 0.6 is 15.9 Å². The van der Waals surface area contributed by atoms with Crippen LogP contribution in [0.2, 0.25) is 0 Å². The predicted octanol–water partition coefficient (Wildman–Crippen LogP) is 2.00. The van der Waals surface area contributed by atoms with Crippen molar-refractivity contribution in [1.29, 1.82) is 0 Å². The molecule has 1 aromatic rings. The molecule has 0 heterocycles. The molecule has 0 aromatic heterocycles. The number of methoxy groups -OCH3 is 1. The second-order valence-electron chi connectivity index (χ2n) is 3.00. The molecule has 0 aliphatic carbocycles. The van der Waals surface area contributed by atoms with Crippen molar-refractivity contribution in [2.75, 3.05) is 7.11 Å². The molecule has 1 aromatic carbocycles. The molecule has 0 radical (unpaired) electrons. The van der Waals surface area contributed by atoms with E-state index in [0.717, 1.165) is 19.2 Å². The molecule has 0 saturated heterocycles. The van der Waals surface area contributed by atoms with Crippen LogP contribution in [0.1, 0.15) is 0 Å². The Morgan fingerprint density at radius 2 is 1.89 bits per heavy atom. The zero-order valence-corrected chi connectivity index (χ0v) is 11.2. The fraction of sp³-hybridized carbons (Fsp3) is 0.250. The number of sulfonamides is 1. The van der Waals surface area contributed by atoms with Crippen molar-refractivity contribution in [1.82, 2.24) is 0 Å². The molecule has 10 heteroatoms. The average molecular weight is 350 g/mol. The molecule has 102 valence electrons. The number of hydrogen-bond acceptors (Lipinski definition) is 4. The standard InChI is InChI=1S/C8H7BrF3NO4S/c1-16-5-3-2-4(9)6(17-8(10,11)12)7(5)18(13,14)15/h2-3H,1H3,(H2,13,14,15). The highest BCUT2D eigenvalue weighted by Crippen LogP contribution is 2.41. The van der Waals surface area contributed by atoms with Crippen molar-refractivity contribution in [2.24, 2.45) is 5.14 Å². The van der Waals surface area contributed by atoms with Gasteiger partial charge in [0.2, 0.25) is 10.0 Å². The number of nitrogens with two attached hydrogens (primary N) is 1. The van der Waals surface area contributed by atoms with Gasteiger partial charge in [-0.2, -0.15) is 0 Å². The van der Waals surface area contributed by atoms with E-state index >= 15 is 0 Å². The molecule has 18 heavy (non-hydrogen) atoms. The minimum Gasteiger partial charge on any atom is -0.495 e. The molecule has 0 saturated carbocycles. The minimum absolute atomic E-state index is 0.218. The Bertz CT molecular complexity index is 558. The quantitative estimate of drug-likeness (QED) is 0.905. The third kappa shape index (κ3) is 3.50. The molecule has 2 N–H and O–H groups in total. The molecule has 5 nitrogen and oxygen atoms in total. The van der Waals surface area contributed by atoms with Crippen LogP contribution < -0.4 is 14.6 Å². The van der Waals surface area contributed by atoms with Crippen molar-refractivity contribution in [3.05, 3.63) is 16.6 Å². The van der Waals surface area contributed by atoms with Gasteiger partial charge < -0.3 is 9.47 Å². The van der Waals surface area contributed by atoms with Gasteiger partial charge in [-0.1, -0.05) is 0 Å². The molecular weight excluding hydrogens is 343 g/mol. The van der Waals surface area contributed by atoms with E-state index in [2.05, 4.69) is 25.4 Å². The van der Waals surface area contributed by atoms with Crippen molar-refractivity contribution < 1.29 is 31.1 Å². The second kappa shape index (κ2) is 4.94. The van der Waals surface area contributed by atoms with Crippen LogP contribution in [0.5, 0.6) is 11.5 Å². The van der Waals surface area contributed by atoms with Gasteiger partial charge in [-0.3, -0.25) is 0 Å². The molecule has 0 aliphatic heterocycles. The molecule has 0 spiro atoms. The average Bonchev–Trinajstić information content (AvgIpc) is 2.17. The van der Waals surface area contributed by atoms with Crippen LogP contribution in [0.3, 0.4) is 0 Å². The van der Waals surface area contributed by atoms with Gasteiger partial charge in [0.1, 0.15) is 5.75 Å². The van der Waals surface area contributed by atoms with E-state index < -0.39 is 27.0 Å². The molecule has 0 aliphatic rings. The number of halogens is 4. The number of rotatable bonds is 3. The zero-order valence-electron chi connectivity index (χ0n) is 8.79. The first kappa shape index (κ1) is 15.1. The summed E-state index contributed by atoms with van der Waals surface area (Å²) in [5.41, 5.74) is 0. The molecule has 0 atom stereocenters. The minimum atomic E-state index is -5.06. The predicted molar refractivity (Wildman–Crippen MR) is 58.8 cm³/mol. The van der Waals surface area contributed by atoms with E-state index in [1.54, 1.807) is 0 Å². The number of benzene rings is 1. The largest absolute Gasteiger partial charge is 0.573 e. The van der Waals surface area contributed by atoms with Crippen LogP contribution in [0.15, 0.2) is 21.5 Å². The van der Waals surface area contributed by atoms with Crippen LogP contribution in [-0.2, 0) is 10.0 Å². The van der Waals surface area contributed by atoms with Crippen molar-refractivity contribution in [3.8, 4) is 11.5 Å². The van der Waals surface area contributed by atoms with E-state index in [1.165, 1.54) is 0 Å². The van der Waals surface area contributed by atoms with Gasteiger partial charge >= 0.3 is 6.36 Å². The van der Waals surface area contributed by atoms with Crippen LogP contribution in [-0.4, -0.2) is 21.9 Å². The van der Waals surface area contributed by atoms with Crippen LogP contribution in [0.4, 0.5) is 13.2 Å². The fourth-order valence-corrected chi connectivity index (χ4v) is 2.55. The summed E-state index contributed by atoms with van der Waals surface area (Å²) in [4.78, 5) is -0.878. The van der Waals surface area contributed by atoms with Gasteiger partial charge in [0.15, 0.2) is 10.6 Å². The molecule has 0 bridgehead atoms. The topological polar surface area (TPSA) is 78.6 Å². The van der Waals surface area contributed by atoms with E-state index in [9.17, 15) is 21.6 Å². The highest BCUT2D eigenvalue weighted by molar-refractivity contribution is 9.10. The molecule has 0 fully saturated rings. The summed E-state index contributed by atoms with van der Waals surface area (Å²) >= 11 is 2.76. The van der Waals surface area contributed by atoms with Crippen molar-refractivity contribution in [3.63, 3.8) is 0 Å². The first-order valence-electron chi connectivity index (χ1n) is 4.21. The maximum atomic E-state index is 12.2. The van der Waals surface area contributed by atoms with Crippen molar-refractivity contribution in [2.45, 2.75) is 11.3 Å². The van der Waals surface area contributed by atoms with Gasteiger partial charge in [0, 0.05) is 0 Å². The van der Waals surface area contributed by atoms with Gasteiger partial charge in [-0.25, -0.2) is 13.6 Å². The molecule has 1 rings (SSSR count). The lowest BCUT2D eigenvalue weighted by Crippen LogP contribution is -2.22. The van der Waals surface area contributed by atoms with E-state index in [0.29, 0.717) is 0 Å². The number of primary sulfonamides is 1. The molecule has 0 unspecified atom stereocenters. The highest BCUT2D eigenvalue weighted by atomic mass is 79.9. The summed E-state index contributed by atoms with van der Waals surface area (Å²) in [5.74, 6) is -1.32. The normalized spacial score (nSPS) is 12.3. The highest BCUT2D eigenvalue weighted by Gasteiger charge is 2.36. The lowest BCUT2D eigenvalue weighted by atomic mass is 10.3. The maximum Gasteiger partial charge on any atom is 0.573 e. The second-order valence-corrected chi connectivity index (χ2v) is 5.35. The third-order valence-electron chi connectivity index (χ3n) is 1.75. The van der Waals surface area contributed by atoms with Crippen LogP contribution in [0, 0.1) is 0 Å². The summed E-state index contributed by atoms with van der Waals surface area (Å²) in [6.45, 7) is 0. The number of ether oxygens (including phenoxy) is 2. The van der Waals surface area contributed by atoms with E-state index in [4.69, 9.17) is 5.14 Å². The SMILES string of the molecule is COc1ccc(Br)c(OC(F)(F)F)c1S(N)(=O)=O. The first-order valence-corrected chi connectivity index (χ1v) is 6.55. The van der Waals surface area contributed by atoms with Gasteiger partial charge in [-0.15, -0.1) is 13.2 Å². The fourth-order valence-electron chi connectivity index (χ4n) is 1.16. The van der Waals surface area contributed by atoms with Crippen LogP contribution in [0.25, 0.3) is 0 Å². The molecule has 0 amide bonds. The lowest BCUT2D eigenvalue weighted by molar-refractivity contribution is -0.275. The zero-order chi connectivity index (χ0) is 14.1. The summed E-state index contributed by atoms with van der Waals surface area (Å²) in [5, 5.41) is 4.85. The smallest absolute Gasteiger partial charge is 0.495 e. The maximum absolute atomic E-state index is 12.2. The Hall–Kier alpha value is -1.00. The van der Waals surface area contributed by atoms with E-state index in [1.807, 2.05) is 0 Å². The van der Waals surface area contributed by atoms with Gasteiger partial charge in [0.25, 0.3) is 0 Å².